The molecule has 1 aliphatic carbocycles. The smallest absolute Gasteiger partial charge is 0.271 e. The Morgan fingerprint density at radius 2 is 1.65 bits per heavy atom. The van der Waals surface area contributed by atoms with Crippen molar-refractivity contribution < 1.29 is 9.13 Å². The fraction of sp³-hybridized carbons (Fsp3) is 0.118. The number of benzene rings is 4. The van der Waals surface area contributed by atoms with Crippen LogP contribution in [0.5, 0.6) is 5.75 Å². The van der Waals surface area contributed by atoms with E-state index >= 15 is 0 Å². The summed E-state index contributed by atoms with van der Waals surface area (Å²) in [6.07, 6.45) is 3.71. The second-order valence-electron chi connectivity index (χ2n) is 9.97. The van der Waals surface area contributed by atoms with Gasteiger partial charge in [0.2, 0.25) is 0 Å². The number of nitrogens with zero attached hydrogens (tertiary/aromatic N) is 2. The standard InChI is InChI=1S/C34H25FN2O2S/c35-29-13-7-5-11-25(29)21-39-26-17-14-22(15-18-26)20-30-33(38)37-32(24-9-2-1-3-10-24)28-19-16-23-8-4-6-12-27(23)31(28)36-34(37)40-30/h1-15,17-18,20,32H,16,19,21H2/b30-20-/t32-/m1/s1. The summed E-state index contributed by atoms with van der Waals surface area (Å²) in [5, 5.41) is 0. The molecule has 2 aliphatic rings. The SMILES string of the molecule is O=c1/c(=C/c2ccc(OCc3ccccc3F)cc2)sc2n1[C@H](c1ccccc1)C1=C(N=2)c2ccccc2CC1. The van der Waals surface area contributed by atoms with Crippen molar-refractivity contribution in [3.8, 4) is 5.75 Å². The molecule has 4 nitrogen and oxygen atoms in total. The van der Waals surface area contributed by atoms with Gasteiger partial charge in [0, 0.05) is 11.1 Å². The van der Waals surface area contributed by atoms with E-state index in [0.29, 0.717) is 20.6 Å². The number of thiazole rings is 1. The van der Waals surface area contributed by atoms with Crippen LogP contribution in [0.1, 0.15) is 40.3 Å². The van der Waals surface area contributed by atoms with Gasteiger partial charge in [-0.3, -0.25) is 9.36 Å². The van der Waals surface area contributed by atoms with Crippen LogP contribution in [0.15, 0.2) is 118 Å². The molecule has 0 bridgehead atoms. The van der Waals surface area contributed by atoms with Gasteiger partial charge in [0.15, 0.2) is 4.80 Å². The number of halogens is 1. The highest BCUT2D eigenvalue weighted by Crippen LogP contribution is 2.41. The molecule has 1 aliphatic heterocycles. The van der Waals surface area contributed by atoms with Crippen LogP contribution in [0, 0.1) is 5.82 Å². The van der Waals surface area contributed by atoms with E-state index in [0.717, 1.165) is 35.2 Å². The number of aromatic nitrogens is 1. The fourth-order valence-corrected chi connectivity index (χ4v) is 6.55. The zero-order valence-corrected chi connectivity index (χ0v) is 22.4. The zero-order valence-electron chi connectivity index (χ0n) is 21.6. The number of hydrogen-bond donors (Lipinski definition) is 0. The summed E-state index contributed by atoms with van der Waals surface area (Å²) < 4.78 is 22.2. The lowest BCUT2D eigenvalue weighted by Gasteiger charge is -2.30. The fourth-order valence-electron chi connectivity index (χ4n) is 5.55. The highest BCUT2D eigenvalue weighted by molar-refractivity contribution is 7.07. The zero-order chi connectivity index (χ0) is 27.1. The summed E-state index contributed by atoms with van der Waals surface area (Å²) in [7, 11) is 0. The van der Waals surface area contributed by atoms with Gasteiger partial charge >= 0.3 is 0 Å². The Bertz CT molecular complexity index is 1940. The van der Waals surface area contributed by atoms with Crippen LogP contribution in [0.2, 0.25) is 0 Å². The summed E-state index contributed by atoms with van der Waals surface area (Å²) in [4.78, 5) is 19.7. The maximum absolute atomic E-state index is 13.9. The Morgan fingerprint density at radius 1 is 0.900 bits per heavy atom. The second-order valence-corrected chi connectivity index (χ2v) is 11.0. The second kappa shape index (κ2) is 10.2. The molecule has 1 aromatic heterocycles. The van der Waals surface area contributed by atoms with Crippen LogP contribution in [0.4, 0.5) is 4.39 Å². The van der Waals surface area contributed by atoms with Gasteiger partial charge in [0.25, 0.3) is 5.56 Å². The van der Waals surface area contributed by atoms with E-state index in [1.165, 1.54) is 28.5 Å². The van der Waals surface area contributed by atoms with Crippen molar-refractivity contribution in [3.63, 3.8) is 0 Å². The van der Waals surface area contributed by atoms with E-state index in [9.17, 15) is 9.18 Å². The summed E-state index contributed by atoms with van der Waals surface area (Å²) in [5.74, 6) is 0.353. The molecule has 5 aromatic rings. The van der Waals surface area contributed by atoms with E-state index in [1.54, 1.807) is 18.2 Å². The largest absolute Gasteiger partial charge is 0.489 e. The van der Waals surface area contributed by atoms with Gasteiger partial charge < -0.3 is 4.74 Å². The normalized spacial score (nSPS) is 16.1. The molecule has 0 radical (unpaired) electrons. The predicted octanol–water partition coefficient (Wildman–Crippen LogP) is 6.04. The molecule has 1 atom stereocenters. The highest BCUT2D eigenvalue weighted by atomic mass is 32.1. The van der Waals surface area contributed by atoms with Crippen molar-refractivity contribution in [1.29, 1.82) is 0 Å². The van der Waals surface area contributed by atoms with Crippen molar-refractivity contribution in [2.45, 2.75) is 25.5 Å². The molecule has 4 aromatic carbocycles. The molecule has 0 amide bonds. The first-order valence-electron chi connectivity index (χ1n) is 13.3. The molecular weight excluding hydrogens is 519 g/mol. The van der Waals surface area contributed by atoms with Crippen LogP contribution < -0.4 is 19.6 Å². The first-order valence-corrected chi connectivity index (χ1v) is 14.1. The highest BCUT2D eigenvalue weighted by Gasteiger charge is 2.32. The molecule has 7 rings (SSSR count). The Hall–Kier alpha value is -4.55. The molecule has 40 heavy (non-hydrogen) atoms. The minimum absolute atomic E-state index is 0.0390. The van der Waals surface area contributed by atoms with Gasteiger partial charge in [-0.2, -0.15) is 0 Å². The molecule has 196 valence electrons. The van der Waals surface area contributed by atoms with Crippen molar-refractivity contribution in [2.24, 2.45) is 4.99 Å². The quantitative estimate of drug-likeness (QED) is 0.271. The van der Waals surface area contributed by atoms with Crippen LogP contribution in [0.3, 0.4) is 0 Å². The Labute approximate surface area is 234 Å². The average Bonchev–Trinajstić information content (AvgIpc) is 3.30. The molecule has 0 N–H and O–H groups in total. The Kier molecular flexibility index (Phi) is 6.25. The third kappa shape index (κ3) is 4.40. The van der Waals surface area contributed by atoms with Crippen LogP contribution in [-0.2, 0) is 13.0 Å². The van der Waals surface area contributed by atoms with Gasteiger partial charge in [0.05, 0.1) is 16.3 Å². The van der Waals surface area contributed by atoms with Gasteiger partial charge in [-0.05, 0) is 59.4 Å². The van der Waals surface area contributed by atoms with Gasteiger partial charge in [-0.15, -0.1) is 0 Å². The van der Waals surface area contributed by atoms with Gasteiger partial charge in [-0.1, -0.05) is 96.3 Å². The Morgan fingerprint density at radius 3 is 2.48 bits per heavy atom. The Balaban J connectivity index is 1.27. The molecular formula is C34H25FN2O2S. The molecule has 0 spiro atoms. The number of hydrogen-bond acceptors (Lipinski definition) is 4. The molecule has 2 heterocycles. The number of fused-ring (bicyclic) bond motifs is 3. The van der Waals surface area contributed by atoms with Crippen molar-refractivity contribution in [3.05, 3.63) is 162 Å². The number of rotatable bonds is 5. The monoisotopic (exact) mass is 544 g/mol. The lowest BCUT2D eigenvalue weighted by atomic mass is 9.83. The van der Waals surface area contributed by atoms with Gasteiger partial charge in [0.1, 0.15) is 18.2 Å². The predicted molar refractivity (Wildman–Crippen MR) is 156 cm³/mol. The summed E-state index contributed by atoms with van der Waals surface area (Å²) in [5.41, 5.74) is 7.10. The van der Waals surface area contributed by atoms with E-state index < -0.39 is 0 Å². The van der Waals surface area contributed by atoms with E-state index in [4.69, 9.17) is 9.73 Å². The van der Waals surface area contributed by atoms with Crippen LogP contribution in [-0.4, -0.2) is 4.57 Å². The maximum Gasteiger partial charge on any atom is 0.271 e. The van der Waals surface area contributed by atoms with E-state index in [2.05, 4.69) is 36.4 Å². The molecule has 0 unspecified atom stereocenters. The van der Waals surface area contributed by atoms with E-state index in [1.807, 2.05) is 53.1 Å². The minimum Gasteiger partial charge on any atom is -0.489 e. The molecule has 0 fully saturated rings. The van der Waals surface area contributed by atoms with Crippen LogP contribution >= 0.6 is 11.3 Å². The lowest BCUT2D eigenvalue weighted by molar-refractivity contribution is 0.300. The number of allylic oxidation sites excluding steroid dienone is 1. The third-order valence-electron chi connectivity index (χ3n) is 7.52. The molecule has 0 saturated heterocycles. The topological polar surface area (TPSA) is 43.6 Å². The summed E-state index contributed by atoms with van der Waals surface area (Å²) in [6, 6.07) is 32.6. The maximum atomic E-state index is 13.9. The van der Waals surface area contributed by atoms with Gasteiger partial charge in [-0.25, -0.2) is 9.38 Å². The lowest BCUT2D eigenvalue weighted by Crippen LogP contribution is -2.38. The third-order valence-corrected chi connectivity index (χ3v) is 8.50. The number of aryl methyl sites for hydroxylation is 1. The first kappa shape index (κ1) is 24.5. The first-order chi connectivity index (χ1) is 19.7. The minimum atomic E-state index is -0.284. The molecule has 0 saturated carbocycles. The van der Waals surface area contributed by atoms with E-state index in [-0.39, 0.29) is 24.0 Å². The number of ether oxygens (including phenoxy) is 1. The average molecular weight is 545 g/mol. The molecule has 6 heteroatoms. The van der Waals surface area contributed by atoms with Crippen molar-refractivity contribution >= 4 is 23.1 Å². The summed E-state index contributed by atoms with van der Waals surface area (Å²) >= 11 is 1.42. The summed E-state index contributed by atoms with van der Waals surface area (Å²) in [6.45, 7) is 0.151. The van der Waals surface area contributed by atoms with Crippen molar-refractivity contribution in [1.82, 2.24) is 4.57 Å². The van der Waals surface area contributed by atoms with Crippen molar-refractivity contribution in [2.75, 3.05) is 0 Å². The van der Waals surface area contributed by atoms with Crippen LogP contribution in [0.25, 0.3) is 11.8 Å².